The molecule has 0 saturated heterocycles. The van der Waals surface area contributed by atoms with E-state index in [9.17, 15) is 0 Å². The summed E-state index contributed by atoms with van der Waals surface area (Å²) in [4.78, 5) is 9.15. The van der Waals surface area contributed by atoms with E-state index in [1.54, 1.807) is 12.4 Å². The van der Waals surface area contributed by atoms with E-state index >= 15 is 0 Å². The van der Waals surface area contributed by atoms with E-state index in [1.807, 2.05) is 73.0 Å². The minimum Gasteiger partial charge on any atom is -0.489 e. The Bertz CT molecular complexity index is 1190. The minimum absolute atomic E-state index is 0.00228. The second-order valence-electron chi connectivity index (χ2n) is 6.91. The first-order chi connectivity index (χ1) is 14.1. The van der Waals surface area contributed by atoms with Crippen LogP contribution in [-0.2, 0) is 6.61 Å². The van der Waals surface area contributed by atoms with Crippen LogP contribution < -0.4 is 10.6 Å². The Hall–Kier alpha value is -3.06. The van der Waals surface area contributed by atoms with Gasteiger partial charge < -0.3 is 4.74 Å². The molecule has 1 aliphatic carbocycles. The Labute approximate surface area is 177 Å². The molecule has 5 rings (SSSR count). The van der Waals surface area contributed by atoms with Gasteiger partial charge in [-0.05, 0) is 24.3 Å². The largest absolute Gasteiger partial charge is 0.489 e. The molecule has 2 aromatic rings. The molecule has 29 heavy (non-hydrogen) atoms. The zero-order chi connectivity index (χ0) is 19.8. The number of amidine groups is 1. The van der Waals surface area contributed by atoms with Crippen molar-refractivity contribution >= 4 is 28.0 Å². The van der Waals surface area contributed by atoms with E-state index in [2.05, 4.69) is 20.9 Å². The van der Waals surface area contributed by atoms with Crippen LogP contribution in [-0.4, -0.2) is 16.6 Å². The molecular formula is C23H18BrN4O+. The second kappa shape index (κ2) is 7.08. The van der Waals surface area contributed by atoms with E-state index in [1.165, 1.54) is 0 Å². The molecule has 1 unspecified atom stereocenters. The number of halogens is 1. The summed E-state index contributed by atoms with van der Waals surface area (Å²) in [6.07, 6.45) is 11.4. The Kier molecular flexibility index (Phi) is 4.39. The third kappa shape index (κ3) is 3.11. The number of nitrogens with zero attached hydrogens (tertiary/aromatic N) is 3. The Morgan fingerprint density at radius 2 is 1.97 bits per heavy atom. The number of aliphatic imine (C=N–C) groups is 2. The molecule has 0 saturated carbocycles. The van der Waals surface area contributed by atoms with Gasteiger partial charge >= 0.3 is 0 Å². The first-order valence-electron chi connectivity index (χ1n) is 9.23. The summed E-state index contributed by atoms with van der Waals surface area (Å²) in [5.41, 5.74) is 4.78. The molecule has 0 aromatic heterocycles. The lowest BCUT2D eigenvalue weighted by Crippen LogP contribution is -2.53. The molecule has 0 spiro atoms. The van der Waals surface area contributed by atoms with Crippen LogP contribution >= 0.6 is 15.9 Å². The first-order valence-corrected chi connectivity index (χ1v) is 10.0. The van der Waals surface area contributed by atoms with Crippen LogP contribution in [0.3, 0.4) is 0 Å². The SMILES string of the molecule is N[N+]12C=CN=CC1=C(C1=CC=C1)N=C2c1cccc(OCc2ccccc2Br)c1. The summed E-state index contributed by atoms with van der Waals surface area (Å²) in [5.74, 6) is 8.26. The first kappa shape index (κ1) is 18.0. The summed E-state index contributed by atoms with van der Waals surface area (Å²) < 4.78 is 7.06. The molecular weight excluding hydrogens is 428 g/mol. The van der Waals surface area contributed by atoms with Crippen LogP contribution in [0.15, 0.2) is 111 Å². The molecule has 5 nitrogen and oxygen atoms in total. The van der Waals surface area contributed by atoms with Gasteiger partial charge in [-0.25, -0.2) is 0 Å². The Morgan fingerprint density at radius 3 is 2.76 bits per heavy atom. The van der Waals surface area contributed by atoms with Crippen LogP contribution in [0.1, 0.15) is 11.1 Å². The molecule has 2 N–H and O–H groups in total. The highest BCUT2D eigenvalue weighted by Gasteiger charge is 2.44. The highest BCUT2D eigenvalue weighted by molar-refractivity contribution is 9.10. The van der Waals surface area contributed by atoms with E-state index in [0.29, 0.717) is 6.61 Å². The van der Waals surface area contributed by atoms with Crippen LogP contribution in [0.2, 0.25) is 0 Å². The average Bonchev–Trinajstić information content (AvgIpc) is 2.99. The molecule has 0 bridgehead atoms. The van der Waals surface area contributed by atoms with Gasteiger partial charge in [0.15, 0.2) is 0 Å². The lowest BCUT2D eigenvalue weighted by Gasteiger charge is -2.26. The van der Waals surface area contributed by atoms with E-state index in [0.717, 1.165) is 44.2 Å². The zero-order valence-corrected chi connectivity index (χ0v) is 17.1. The number of fused-ring (bicyclic) bond motifs is 1. The molecule has 0 fully saturated rings. The predicted octanol–water partition coefficient (Wildman–Crippen LogP) is 4.74. The van der Waals surface area contributed by atoms with Gasteiger partial charge in [-0.15, -0.1) is 4.59 Å². The third-order valence-corrected chi connectivity index (χ3v) is 5.84. The van der Waals surface area contributed by atoms with Crippen LogP contribution in [0.4, 0.5) is 0 Å². The maximum Gasteiger partial charge on any atom is 0.265 e. The van der Waals surface area contributed by atoms with Crippen molar-refractivity contribution in [2.45, 2.75) is 6.61 Å². The van der Waals surface area contributed by atoms with Gasteiger partial charge in [-0.2, -0.15) is 10.8 Å². The lowest BCUT2D eigenvalue weighted by atomic mass is 10.0. The monoisotopic (exact) mass is 445 g/mol. The van der Waals surface area contributed by atoms with Crippen molar-refractivity contribution in [3.05, 3.63) is 112 Å². The topological polar surface area (TPSA) is 60.0 Å². The standard InChI is InChI=1S/C23H18BrN4O/c24-20-10-2-1-5-18(20)15-29-19-9-4-8-17(13-19)23-27-22(16-6-3-7-16)21-14-26-11-12-28(21,23)25/h1-14H,15,25H2/q+1. The van der Waals surface area contributed by atoms with E-state index in [4.69, 9.17) is 15.6 Å². The Balaban J connectivity index is 1.46. The number of ether oxygens (including phenoxy) is 1. The molecule has 142 valence electrons. The molecule has 2 aliphatic heterocycles. The quantitative estimate of drug-likeness (QED) is 0.533. The number of rotatable bonds is 5. The number of hydrogen-bond acceptors (Lipinski definition) is 4. The van der Waals surface area contributed by atoms with Crippen molar-refractivity contribution in [2.75, 3.05) is 0 Å². The van der Waals surface area contributed by atoms with E-state index < -0.39 is 0 Å². The number of benzene rings is 2. The fraction of sp³-hybridized carbons (Fsp3) is 0.0435. The smallest absolute Gasteiger partial charge is 0.265 e. The molecule has 0 radical (unpaired) electrons. The maximum atomic E-state index is 6.76. The molecule has 2 aromatic carbocycles. The van der Waals surface area contributed by atoms with Crippen LogP contribution in [0, 0.1) is 0 Å². The van der Waals surface area contributed by atoms with Crippen molar-refractivity contribution in [3.63, 3.8) is 0 Å². The Morgan fingerprint density at radius 1 is 1.10 bits per heavy atom. The van der Waals surface area contributed by atoms with E-state index in [-0.39, 0.29) is 4.59 Å². The van der Waals surface area contributed by atoms with Gasteiger partial charge in [-0.3, -0.25) is 4.99 Å². The van der Waals surface area contributed by atoms with Gasteiger partial charge in [0, 0.05) is 15.6 Å². The normalized spacial score (nSPS) is 21.6. The van der Waals surface area contributed by atoms with Crippen molar-refractivity contribution in [2.24, 2.45) is 15.8 Å². The van der Waals surface area contributed by atoms with Crippen molar-refractivity contribution < 1.29 is 9.33 Å². The fourth-order valence-corrected chi connectivity index (χ4v) is 3.84. The third-order valence-electron chi connectivity index (χ3n) is 5.06. The van der Waals surface area contributed by atoms with Gasteiger partial charge in [0.25, 0.3) is 5.84 Å². The summed E-state index contributed by atoms with van der Waals surface area (Å²) in [6.45, 7) is 0.471. The molecule has 6 heteroatoms. The van der Waals surface area contributed by atoms with Crippen molar-refractivity contribution in [3.8, 4) is 5.75 Å². The van der Waals surface area contributed by atoms with Gasteiger partial charge in [0.2, 0.25) is 5.70 Å². The zero-order valence-electron chi connectivity index (χ0n) is 15.5. The number of hydrogen-bond donors (Lipinski definition) is 1. The molecule has 2 heterocycles. The molecule has 3 aliphatic rings. The summed E-state index contributed by atoms with van der Waals surface area (Å²) in [7, 11) is 0. The highest BCUT2D eigenvalue weighted by atomic mass is 79.9. The lowest BCUT2D eigenvalue weighted by molar-refractivity contribution is -0.750. The molecule has 0 amide bonds. The number of quaternary nitrogens is 1. The summed E-state index contributed by atoms with van der Waals surface area (Å²) in [5, 5.41) is 0. The van der Waals surface area contributed by atoms with Crippen molar-refractivity contribution in [1.82, 2.24) is 0 Å². The molecule has 1 atom stereocenters. The van der Waals surface area contributed by atoms with Crippen LogP contribution in [0.5, 0.6) is 5.75 Å². The van der Waals surface area contributed by atoms with Gasteiger partial charge in [0.05, 0.1) is 18.0 Å². The second-order valence-corrected chi connectivity index (χ2v) is 7.77. The van der Waals surface area contributed by atoms with Crippen LogP contribution in [0.25, 0.3) is 0 Å². The maximum absolute atomic E-state index is 6.76. The van der Waals surface area contributed by atoms with Gasteiger partial charge in [0.1, 0.15) is 24.3 Å². The number of nitrogens with two attached hydrogens (primary N) is 1. The van der Waals surface area contributed by atoms with Crippen molar-refractivity contribution in [1.29, 1.82) is 0 Å². The predicted molar refractivity (Wildman–Crippen MR) is 118 cm³/mol. The highest BCUT2D eigenvalue weighted by Crippen LogP contribution is 2.36. The average molecular weight is 446 g/mol. The van der Waals surface area contributed by atoms with Gasteiger partial charge in [-0.1, -0.05) is 58.4 Å². The fourth-order valence-electron chi connectivity index (χ4n) is 3.44. The number of allylic oxidation sites excluding steroid dienone is 4. The minimum atomic E-state index is -0.00228. The summed E-state index contributed by atoms with van der Waals surface area (Å²) >= 11 is 3.56. The summed E-state index contributed by atoms with van der Waals surface area (Å²) in [6, 6.07) is 15.9.